The van der Waals surface area contributed by atoms with Gasteiger partial charge in [0.2, 0.25) is 11.8 Å². The molecule has 0 bridgehead atoms. The third kappa shape index (κ3) is 8.72. The number of benzene rings is 3. The van der Waals surface area contributed by atoms with Gasteiger partial charge in [-0.1, -0.05) is 48.4 Å². The molecule has 0 fully saturated rings. The summed E-state index contributed by atoms with van der Waals surface area (Å²) in [5.74, 6) is -0.251. The van der Waals surface area contributed by atoms with Crippen molar-refractivity contribution < 1.29 is 22.7 Å². The summed E-state index contributed by atoms with van der Waals surface area (Å²) in [5.41, 5.74) is 1.65. The smallest absolute Gasteiger partial charge is 0.264 e. The Kier molecular flexibility index (Phi) is 11.0. The van der Waals surface area contributed by atoms with Gasteiger partial charge in [0, 0.05) is 17.1 Å². The highest BCUT2D eigenvalue weighted by Crippen LogP contribution is 2.27. The zero-order chi connectivity index (χ0) is 31.1. The number of carbonyl (C=O) groups is 2. The molecule has 0 saturated heterocycles. The van der Waals surface area contributed by atoms with Crippen LogP contribution in [0.25, 0.3) is 0 Å². The number of nitrogens with one attached hydrogen (secondary N) is 1. The monoisotopic (exact) mass is 613 g/mol. The fourth-order valence-electron chi connectivity index (χ4n) is 4.40. The number of rotatable bonds is 12. The maximum absolute atomic E-state index is 14.2. The lowest BCUT2D eigenvalue weighted by Crippen LogP contribution is -2.55. The van der Waals surface area contributed by atoms with Gasteiger partial charge in [0.25, 0.3) is 10.0 Å². The third-order valence-corrected chi connectivity index (χ3v) is 8.51. The molecule has 3 aromatic carbocycles. The predicted octanol–water partition coefficient (Wildman–Crippen LogP) is 5.96. The molecular weight excluding hydrogens is 574 g/mol. The second kappa shape index (κ2) is 14.1. The Balaban J connectivity index is 2.07. The molecule has 0 unspecified atom stereocenters. The van der Waals surface area contributed by atoms with Crippen molar-refractivity contribution in [3.8, 4) is 5.75 Å². The van der Waals surface area contributed by atoms with Crippen LogP contribution in [0.1, 0.15) is 52.2 Å². The largest absolute Gasteiger partial charge is 0.494 e. The van der Waals surface area contributed by atoms with E-state index in [-0.39, 0.29) is 23.0 Å². The first kappa shape index (κ1) is 32.9. The van der Waals surface area contributed by atoms with E-state index >= 15 is 0 Å². The number of ether oxygens (including phenoxy) is 1. The molecule has 3 rings (SSSR count). The molecule has 10 heteroatoms. The van der Waals surface area contributed by atoms with Crippen LogP contribution in [0.15, 0.2) is 77.7 Å². The molecule has 0 aliphatic heterocycles. The fraction of sp³-hybridized carbons (Fsp3) is 0.375. The first-order valence-corrected chi connectivity index (χ1v) is 15.7. The minimum Gasteiger partial charge on any atom is -0.494 e. The summed E-state index contributed by atoms with van der Waals surface area (Å²) in [6.07, 6.45) is 0.340. The number of anilines is 1. The number of hydrogen-bond donors (Lipinski definition) is 1. The van der Waals surface area contributed by atoms with Crippen molar-refractivity contribution in [2.45, 2.75) is 71.0 Å². The van der Waals surface area contributed by atoms with Crippen molar-refractivity contribution >= 4 is 39.1 Å². The van der Waals surface area contributed by atoms with Crippen LogP contribution in [0.4, 0.5) is 5.69 Å². The minimum atomic E-state index is -4.20. The van der Waals surface area contributed by atoms with Gasteiger partial charge >= 0.3 is 0 Å². The number of carbonyl (C=O) groups excluding carboxylic acids is 2. The van der Waals surface area contributed by atoms with Gasteiger partial charge in [0.15, 0.2) is 0 Å². The average molecular weight is 614 g/mol. The van der Waals surface area contributed by atoms with Gasteiger partial charge in [0.1, 0.15) is 18.3 Å². The van der Waals surface area contributed by atoms with Crippen LogP contribution >= 0.6 is 11.6 Å². The number of halogens is 1. The zero-order valence-electron chi connectivity index (χ0n) is 25.1. The lowest BCUT2D eigenvalue weighted by Gasteiger charge is -2.34. The van der Waals surface area contributed by atoms with Crippen LogP contribution in [-0.2, 0) is 26.2 Å². The number of hydrogen-bond acceptors (Lipinski definition) is 5. The Hall–Kier alpha value is -3.56. The van der Waals surface area contributed by atoms with Crippen molar-refractivity contribution in [2.75, 3.05) is 17.5 Å². The number of amides is 2. The van der Waals surface area contributed by atoms with Crippen LogP contribution in [0.2, 0.25) is 5.02 Å². The molecule has 0 aromatic heterocycles. The standard InChI is InChI=1S/C32H40ClN3O5S/c1-7-29(31(38)34-32(4,5)6)35(21-24-11-9-23(3)10-12-24)30(37)22-36(26-15-17-27(18-16-26)41-8-2)42(39,40)28-19-13-25(33)14-20-28/h9-20,29H,7-8,21-22H2,1-6H3,(H,34,38)/t29-/m0/s1. The Morgan fingerprint density at radius 1 is 0.929 bits per heavy atom. The lowest BCUT2D eigenvalue weighted by molar-refractivity contribution is -0.141. The van der Waals surface area contributed by atoms with Crippen molar-refractivity contribution in [1.29, 1.82) is 0 Å². The van der Waals surface area contributed by atoms with Gasteiger partial charge < -0.3 is 15.0 Å². The highest BCUT2D eigenvalue weighted by atomic mass is 35.5. The summed E-state index contributed by atoms with van der Waals surface area (Å²) >= 11 is 6.02. The minimum absolute atomic E-state index is 0.0174. The normalized spacial score (nSPS) is 12.4. The van der Waals surface area contributed by atoms with Gasteiger partial charge in [-0.05, 0) is 95.1 Å². The molecule has 0 aliphatic rings. The van der Waals surface area contributed by atoms with Crippen molar-refractivity contribution in [2.24, 2.45) is 0 Å². The van der Waals surface area contributed by atoms with Crippen LogP contribution in [-0.4, -0.2) is 49.9 Å². The molecule has 0 saturated carbocycles. The summed E-state index contributed by atoms with van der Waals surface area (Å²) < 4.78 is 34.5. The van der Waals surface area contributed by atoms with Crippen molar-refractivity contribution in [3.63, 3.8) is 0 Å². The number of nitrogens with zero attached hydrogens (tertiary/aromatic N) is 2. The predicted molar refractivity (Wildman–Crippen MR) is 167 cm³/mol. The van der Waals surface area contributed by atoms with E-state index < -0.39 is 34.1 Å². The Labute approximate surface area is 254 Å². The average Bonchev–Trinajstić information content (AvgIpc) is 2.92. The summed E-state index contributed by atoms with van der Waals surface area (Å²) in [6, 6.07) is 19.1. The molecule has 1 atom stereocenters. The second-order valence-corrected chi connectivity index (χ2v) is 13.4. The Bertz CT molecular complexity index is 1450. The molecule has 2 amide bonds. The quantitative estimate of drug-likeness (QED) is 0.272. The molecule has 0 heterocycles. The molecule has 42 heavy (non-hydrogen) atoms. The van der Waals surface area contributed by atoms with E-state index in [9.17, 15) is 18.0 Å². The summed E-state index contributed by atoms with van der Waals surface area (Å²) in [7, 11) is -4.20. The molecule has 0 aliphatic carbocycles. The number of sulfonamides is 1. The molecule has 8 nitrogen and oxygen atoms in total. The van der Waals surface area contributed by atoms with E-state index in [0.29, 0.717) is 23.8 Å². The number of aryl methyl sites for hydroxylation is 1. The van der Waals surface area contributed by atoms with Crippen LogP contribution in [0, 0.1) is 6.92 Å². The molecule has 226 valence electrons. The van der Waals surface area contributed by atoms with E-state index in [4.69, 9.17) is 16.3 Å². The summed E-state index contributed by atoms with van der Waals surface area (Å²) in [4.78, 5) is 29.0. The maximum atomic E-state index is 14.2. The van der Waals surface area contributed by atoms with E-state index in [2.05, 4.69) is 5.32 Å². The fourth-order valence-corrected chi connectivity index (χ4v) is 5.94. The van der Waals surface area contributed by atoms with Gasteiger partial charge in [-0.25, -0.2) is 8.42 Å². The van der Waals surface area contributed by atoms with Crippen LogP contribution < -0.4 is 14.4 Å². The molecule has 1 N–H and O–H groups in total. The van der Waals surface area contributed by atoms with E-state index in [1.807, 2.05) is 65.8 Å². The molecule has 3 aromatic rings. The van der Waals surface area contributed by atoms with E-state index in [1.165, 1.54) is 29.2 Å². The van der Waals surface area contributed by atoms with Crippen LogP contribution in [0.3, 0.4) is 0 Å². The van der Waals surface area contributed by atoms with Gasteiger partial charge in [-0.2, -0.15) is 0 Å². The Morgan fingerprint density at radius 3 is 2.05 bits per heavy atom. The van der Waals surface area contributed by atoms with Gasteiger partial charge in [-0.15, -0.1) is 0 Å². The maximum Gasteiger partial charge on any atom is 0.264 e. The van der Waals surface area contributed by atoms with Crippen molar-refractivity contribution in [3.05, 3.63) is 88.9 Å². The second-order valence-electron chi connectivity index (χ2n) is 11.1. The lowest BCUT2D eigenvalue weighted by atomic mass is 10.1. The highest BCUT2D eigenvalue weighted by molar-refractivity contribution is 7.92. The van der Waals surface area contributed by atoms with E-state index in [1.54, 1.807) is 24.3 Å². The molecule has 0 radical (unpaired) electrons. The van der Waals surface area contributed by atoms with Crippen LogP contribution in [0.5, 0.6) is 5.75 Å². The van der Waals surface area contributed by atoms with Gasteiger partial charge in [-0.3, -0.25) is 13.9 Å². The van der Waals surface area contributed by atoms with E-state index in [0.717, 1.165) is 15.4 Å². The van der Waals surface area contributed by atoms with Gasteiger partial charge in [0.05, 0.1) is 17.2 Å². The Morgan fingerprint density at radius 2 is 1.52 bits per heavy atom. The highest BCUT2D eigenvalue weighted by Gasteiger charge is 2.34. The molecular formula is C32H40ClN3O5S. The van der Waals surface area contributed by atoms with Crippen molar-refractivity contribution in [1.82, 2.24) is 10.2 Å². The third-order valence-electron chi connectivity index (χ3n) is 6.47. The SMILES string of the molecule is CCOc1ccc(N(CC(=O)N(Cc2ccc(C)cc2)[C@@H](CC)C(=O)NC(C)(C)C)S(=O)(=O)c2ccc(Cl)cc2)cc1. The first-order valence-electron chi connectivity index (χ1n) is 13.9. The first-order chi connectivity index (χ1) is 19.7. The molecule has 0 spiro atoms. The summed E-state index contributed by atoms with van der Waals surface area (Å²) in [6.45, 7) is 11.3. The topological polar surface area (TPSA) is 96.0 Å². The zero-order valence-corrected chi connectivity index (χ0v) is 26.6. The summed E-state index contributed by atoms with van der Waals surface area (Å²) in [5, 5.41) is 3.36.